The first-order valence-corrected chi connectivity index (χ1v) is 7.43. The maximum Gasteiger partial charge on any atom is 0.351 e. The van der Waals surface area contributed by atoms with Crippen LogP contribution in [0, 0.1) is 13.8 Å². The smallest absolute Gasteiger partial charge is 0.351 e. The summed E-state index contributed by atoms with van der Waals surface area (Å²) >= 11 is 8.70. The molecule has 0 aliphatic heterocycles. The van der Waals surface area contributed by atoms with Gasteiger partial charge in [0, 0.05) is 4.88 Å². The number of rotatable bonds is 4. The highest BCUT2D eigenvalue weighted by Crippen LogP contribution is 2.28. The average molecular weight is 318 g/mol. The van der Waals surface area contributed by atoms with Crippen molar-refractivity contribution >= 4 is 45.4 Å². The van der Waals surface area contributed by atoms with E-state index in [0.717, 1.165) is 10.7 Å². The normalized spacial score (nSPS) is 10.5. The average Bonchev–Trinajstić information content (AvgIpc) is 2.88. The Morgan fingerprint density at radius 2 is 2.11 bits per heavy atom. The van der Waals surface area contributed by atoms with Gasteiger partial charge in [-0.1, -0.05) is 22.9 Å². The summed E-state index contributed by atoms with van der Waals surface area (Å²) in [5.74, 6) is -0.476. The van der Waals surface area contributed by atoms with Crippen molar-refractivity contribution in [3.8, 4) is 0 Å². The number of ether oxygens (including phenoxy) is 1. The van der Waals surface area contributed by atoms with Crippen molar-refractivity contribution in [3.05, 3.63) is 25.6 Å². The molecule has 0 atom stereocenters. The van der Waals surface area contributed by atoms with E-state index in [2.05, 4.69) is 20.0 Å². The molecule has 2 aromatic rings. The molecule has 19 heavy (non-hydrogen) atoms. The standard InChI is InChI=1S/C11H12ClN3O2S2/c1-5-7(14-6(2)18-5)4-13-11-15-9(12)8(19-11)10(16)17-3/h4H2,1-3H3,(H,13,15). The van der Waals surface area contributed by atoms with Crippen molar-refractivity contribution < 1.29 is 9.53 Å². The molecule has 5 nitrogen and oxygen atoms in total. The molecule has 0 saturated heterocycles. The van der Waals surface area contributed by atoms with Crippen LogP contribution in [-0.4, -0.2) is 23.0 Å². The van der Waals surface area contributed by atoms with Crippen LogP contribution in [0.5, 0.6) is 0 Å². The summed E-state index contributed by atoms with van der Waals surface area (Å²) in [6, 6.07) is 0. The predicted molar refractivity (Wildman–Crippen MR) is 77.4 cm³/mol. The lowest BCUT2D eigenvalue weighted by molar-refractivity contribution is 0.0606. The lowest BCUT2D eigenvalue weighted by Gasteiger charge is -1.99. The Kier molecular flexibility index (Phi) is 4.38. The molecule has 0 radical (unpaired) electrons. The molecule has 0 bridgehead atoms. The lowest BCUT2D eigenvalue weighted by atomic mass is 10.4. The van der Waals surface area contributed by atoms with Gasteiger partial charge in [0.25, 0.3) is 0 Å². The number of aromatic nitrogens is 2. The van der Waals surface area contributed by atoms with Gasteiger partial charge >= 0.3 is 5.97 Å². The molecule has 1 N–H and O–H groups in total. The van der Waals surface area contributed by atoms with Gasteiger partial charge in [0.05, 0.1) is 24.4 Å². The maximum atomic E-state index is 11.4. The number of carbonyl (C=O) groups excluding carboxylic acids is 1. The highest BCUT2D eigenvalue weighted by atomic mass is 35.5. The zero-order valence-corrected chi connectivity index (χ0v) is 13.0. The van der Waals surface area contributed by atoms with Crippen molar-refractivity contribution in [2.45, 2.75) is 20.4 Å². The number of nitrogens with zero attached hydrogens (tertiary/aromatic N) is 2. The van der Waals surface area contributed by atoms with Gasteiger partial charge in [-0.3, -0.25) is 0 Å². The van der Waals surface area contributed by atoms with Gasteiger partial charge in [0.2, 0.25) is 0 Å². The largest absolute Gasteiger partial charge is 0.465 e. The van der Waals surface area contributed by atoms with Gasteiger partial charge in [-0.15, -0.1) is 11.3 Å². The molecule has 0 unspecified atom stereocenters. The molecule has 0 amide bonds. The molecule has 102 valence electrons. The summed E-state index contributed by atoms with van der Waals surface area (Å²) in [5, 5.41) is 4.88. The minimum atomic E-state index is -0.476. The van der Waals surface area contributed by atoms with Crippen LogP contribution < -0.4 is 5.32 Å². The highest BCUT2D eigenvalue weighted by molar-refractivity contribution is 7.18. The van der Waals surface area contributed by atoms with Gasteiger partial charge in [0.15, 0.2) is 15.2 Å². The Bertz CT molecular complexity index is 609. The third-order valence-corrected chi connectivity index (χ3v) is 4.67. The van der Waals surface area contributed by atoms with E-state index < -0.39 is 5.97 Å². The third kappa shape index (κ3) is 3.23. The van der Waals surface area contributed by atoms with E-state index in [9.17, 15) is 4.79 Å². The summed E-state index contributed by atoms with van der Waals surface area (Å²) in [7, 11) is 1.31. The highest BCUT2D eigenvalue weighted by Gasteiger charge is 2.17. The van der Waals surface area contributed by atoms with Crippen molar-refractivity contribution in [1.82, 2.24) is 9.97 Å². The number of halogens is 1. The van der Waals surface area contributed by atoms with Crippen molar-refractivity contribution in [2.75, 3.05) is 12.4 Å². The van der Waals surface area contributed by atoms with Crippen molar-refractivity contribution in [2.24, 2.45) is 0 Å². The number of aryl methyl sites for hydroxylation is 2. The third-order valence-electron chi connectivity index (χ3n) is 2.36. The second kappa shape index (κ2) is 5.85. The predicted octanol–water partition coefficient (Wildman–Crippen LogP) is 3.27. The van der Waals surface area contributed by atoms with E-state index in [1.165, 1.54) is 23.3 Å². The number of thiazole rings is 2. The van der Waals surface area contributed by atoms with E-state index in [-0.39, 0.29) is 5.15 Å². The van der Waals surface area contributed by atoms with Crippen LogP contribution in [0.4, 0.5) is 5.13 Å². The second-order valence-electron chi connectivity index (χ2n) is 3.72. The van der Waals surface area contributed by atoms with Crippen LogP contribution in [0.15, 0.2) is 0 Å². The first-order chi connectivity index (χ1) is 9.01. The second-order valence-corrected chi connectivity index (χ2v) is 6.48. The number of carbonyl (C=O) groups is 1. The minimum Gasteiger partial charge on any atom is -0.465 e. The molecule has 0 aliphatic rings. The molecule has 2 aromatic heterocycles. The Morgan fingerprint density at radius 1 is 1.37 bits per heavy atom. The van der Waals surface area contributed by atoms with Gasteiger partial charge in [-0.2, -0.15) is 0 Å². The van der Waals surface area contributed by atoms with E-state index in [1.807, 2.05) is 13.8 Å². The topological polar surface area (TPSA) is 64.1 Å². The summed E-state index contributed by atoms with van der Waals surface area (Å²) in [5.41, 5.74) is 0.980. The summed E-state index contributed by atoms with van der Waals surface area (Å²) in [6.45, 7) is 4.55. The van der Waals surface area contributed by atoms with Crippen LogP contribution in [0.3, 0.4) is 0 Å². The molecule has 0 aromatic carbocycles. The Labute approximate surface area is 123 Å². The molecular weight excluding hydrogens is 306 g/mol. The number of nitrogens with one attached hydrogen (secondary N) is 1. The van der Waals surface area contributed by atoms with Gasteiger partial charge in [0.1, 0.15) is 0 Å². The van der Waals surface area contributed by atoms with Crippen LogP contribution in [0.2, 0.25) is 5.15 Å². The van der Waals surface area contributed by atoms with Crippen LogP contribution >= 0.6 is 34.3 Å². The number of hydrogen-bond acceptors (Lipinski definition) is 7. The summed E-state index contributed by atoms with van der Waals surface area (Å²) in [6.07, 6.45) is 0. The zero-order chi connectivity index (χ0) is 14.0. The number of esters is 1. The van der Waals surface area contributed by atoms with E-state index in [4.69, 9.17) is 11.6 Å². The Hall–Kier alpha value is -1.18. The molecule has 8 heteroatoms. The van der Waals surface area contributed by atoms with Crippen molar-refractivity contribution in [1.29, 1.82) is 0 Å². The Balaban J connectivity index is 2.08. The monoisotopic (exact) mass is 317 g/mol. The van der Waals surface area contributed by atoms with Crippen LogP contribution in [0.25, 0.3) is 0 Å². The molecule has 0 saturated carbocycles. The molecule has 0 spiro atoms. The fourth-order valence-corrected chi connectivity index (χ4v) is 3.42. The first-order valence-electron chi connectivity index (χ1n) is 5.42. The number of anilines is 1. The fraction of sp³-hybridized carbons (Fsp3) is 0.364. The maximum absolute atomic E-state index is 11.4. The van der Waals surface area contributed by atoms with Gasteiger partial charge in [-0.05, 0) is 13.8 Å². The molecule has 2 rings (SSSR count). The van der Waals surface area contributed by atoms with E-state index in [1.54, 1.807) is 11.3 Å². The first kappa shape index (κ1) is 14.2. The van der Waals surface area contributed by atoms with E-state index >= 15 is 0 Å². The van der Waals surface area contributed by atoms with Crippen LogP contribution in [0.1, 0.15) is 25.3 Å². The number of hydrogen-bond donors (Lipinski definition) is 1. The summed E-state index contributed by atoms with van der Waals surface area (Å²) < 4.78 is 4.62. The zero-order valence-electron chi connectivity index (χ0n) is 10.6. The van der Waals surface area contributed by atoms with Gasteiger partial charge in [-0.25, -0.2) is 14.8 Å². The summed E-state index contributed by atoms with van der Waals surface area (Å²) in [4.78, 5) is 21.4. The lowest BCUT2D eigenvalue weighted by Crippen LogP contribution is -2.00. The van der Waals surface area contributed by atoms with Crippen LogP contribution in [-0.2, 0) is 11.3 Å². The van der Waals surface area contributed by atoms with Crippen molar-refractivity contribution in [3.63, 3.8) is 0 Å². The molecule has 0 aliphatic carbocycles. The fourth-order valence-electron chi connectivity index (χ4n) is 1.49. The van der Waals surface area contributed by atoms with Gasteiger partial charge < -0.3 is 10.1 Å². The molecular formula is C11H12ClN3O2S2. The number of methoxy groups -OCH3 is 1. The molecule has 0 fully saturated rings. The molecule has 2 heterocycles. The minimum absolute atomic E-state index is 0.158. The Morgan fingerprint density at radius 3 is 2.68 bits per heavy atom. The SMILES string of the molecule is COC(=O)c1sc(NCc2nc(C)sc2C)nc1Cl. The van der Waals surface area contributed by atoms with E-state index in [0.29, 0.717) is 16.6 Å². The quantitative estimate of drug-likeness (QED) is 0.877.